The van der Waals surface area contributed by atoms with Gasteiger partial charge in [0.15, 0.2) is 0 Å². The molecule has 2 aliphatic heterocycles. The first kappa shape index (κ1) is 51.6. The molecule has 3 atom stereocenters. The maximum Gasteiger partial charge on any atom is 0.255 e. The number of para-hydroxylation sites is 3. The highest BCUT2D eigenvalue weighted by Gasteiger charge is 2.24. The fourth-order valence-corrected chi connectivity index (χ4v) is 7.90. The Morgan fingerprint density at radius 1 is 0.507 bits per heavy atom. The molecule has 21 nitrogen and oxygen atoms in total. The zero-order valence-electron chi connectivity index (χ0n) is 38.4. The number of likely N-dealkylation sites (N-methyl/N-ethyl adjacent to an activating group) is 1. The maximum absolute atomic E-state index is 13.7. The van der Waals surface area contributed by atoms with Gasteiger partial charge in [-0.15, -0.1) is 0 Å². The fourth-order valence-electron chi connectivity index (χ4n) is 7.90. The summed E-state index contributed by atoms with van der Waals surface area (Å²) in [6.07, 6.45) is 0. The summed E-state index contributed by atoms with van der Waals surface area (Å²) in [6.45, 7) is 8.30. The Balaban J connectivity index is 1.51. The highest BCUT2D eigenvalue weighted by Crippen LogP contribution is 2.25. The molecule has 3 aromatic rings. The summed E-state index contributed by atoms with van der Waals surface area (Å²) in [4.78, 5) is 89.1. The van der Waals surface area contributed by atoms with Crippen LogP contribution in [0, 0.1) is 0 Å². The molecule has 0 saturated carbocycles. The van der Waals surface area contributed by atoms with Crippen LogP contribution < -0.4 is 43.0 Å². The van der Waals surface area contributed by atoms with Crippen LogP contribution >= 0.6 is 0 Å². The minimum absolute atomic E-state index is 0.0550. The average Bonchev–Trinajstić information content (AvgIpc) is 3.30. The van der Waals surface area contributed by atoms with Gasteiger partial charge in [-0.05, 0) is 50.4 Å². The number of nitrogens with two attached hydrogens (primary N) is 1. The zero-order valence-corrected chi connectivity index (χ0v) is 38.4. The number of carbonyl (C=O) groups excluding carboxylic acids is 6. The quantitative estimate of drug-likeness (QED) is 0.137. The van der Waals surface area contributed by atoms with Gasteiger partial charge in [0, 0.05) is 130 Å². The summed E-state index contributed by atoms with van der Waals surface area (Å²) in [5, 5.41) is 53.8. The van der Waals surface area contributed by atoms with Crippen LogP contribution in [-0.2, 0) is 0 Å². The molecule has 2 heterocycles. The first-order chi connectivity index (χ1) is 32.3. The molecule has 0 fully saturated rings. The smallest absolute Gasteiger partial charge is 0.255 e. The van der Waals surface area contributed by atoms with Crippen LogP contribution in [0.2, 0.25) is 0 Å². The van der Waals surface area contributed by atoms with E-state index in [2.05, 4.69) is 42.1 Å². The lowest BCUT2D eigenvalue weighted by Crippen LogP contribution is -2.48. The Bertz CT molecular complexity index is 2190. The molecule has 6 amide bonds. The van der Waals surface area contributed by atoms with Crippen LogP contribution in [0.1, 0.15) is 69.1 Å². The van der Waals surface area contributed by atoms with Crippen molar-refractivity contribution in [1.29, 1.82) is 0 Å². The minimum Gasteiger partial charge on any atom is -0.506 e. The van der Waals surface area contributed by atoms with Gasteiger partial charge in [0.2, 0.25) is 0 Å². The number of nitrogens with zero attached hydrogens (tertiary/aromatic N) is 4. The van der Waals surface area contributed by atoms with Crippen LogP contribution in [-0.4, -0.2) is 208 Å². The van der Waals surface area contributed by atoms with Crippen molar-refractivity contribution in [3.8, 4) is 17.2 Å². The Kier molecular flexibility index (Phi) is 20.1. The van der Waals surface area contributed by atoms with E-state index in [4.69, 9.17) is 5.73 Å². The Hall–Kier alpha value is -6.36. The highest BCUT2D eigenvalue weighted by molar-refractivity contribution is 6.05. The number of rotatable bonds is 5. The molecular formula is C46H66N12O9. The van der Waals surface area contributed by atoms with Gasteiger partial charge in [-0.1, -0.05) is 18.2 Å². The number of amides is 6. The third-order valence-electron chi connectivity index (χ3n) is 11.6. The van der Waals surface area contributed by atoms with Crippen molar-refractivity contribution in [3.05, 3.63) is 88.0 Å². The van der Waals surface area contributed by atoms with E-state index in [1.807, 2.05) is 21.7 Å². The number of carbonyl (C=O) groups is 6. The first-order valence-corrected chi connectivity index (χ1v) is 22.7. The molecule has 5 rings (SSSR count). The van der Waals surface area contributed by atoms with E-state index in [0.29, 0.717) is 91.6 Å². The van der Waals surface area contributed by atoms with Crippen molar-refractivity contribution >= 4 is 35.4 Å². The minimum atomic E-state index is -0.601. The normalized spacial score (nSPS) is 21.3. The van der Waals surface area contributed by atoms with Gasteiger partial charge < -0.3 is 58.3 Å². The van der Waals surface area contributed by atoms with Gasteiger partial charge in [0.05, 0.1) is 33.4 Å². The molecule has 12 N–H and O–H groups in total. The molecule has 0 aromatic heterocycles. The van der Waals surface area contributed by atoms with Crippen LogP contribution in [0.4, 0.5) is 0 Å². The highest BCUT2D eigenvalue weighted by atomic mass is 16.3. The van der Waals surface area contributed by atoms with Gasteiger partial charge in [-0.2, -0.15) is 0 Å². The third kappa shape index (κ3) is 15.1. The van der Waals surface area contributed by atoms with Gasteiger partial charge in [0.1, 0.15) is 17.2 Å². The molecule has 3 unspecified atom stereocenters. The molecule has 3 aromatic carbocycles. The zero-order chi connectivity index (χ0) is 48.3. The second kappa shape index (κ2) is 26.1. The van der Waals surface area contributed by atoms with E-state index < -0.39 is 58.7 Å². The monoisotopic (exact) mass is 931 g/mol. The average molecular weight is 931 g/mol. The third-order valence-corrected chi connectivity index (χ3v) is 11.6. The van der Waals surface area contributed by atoms with Crippen LogP contribution in [0.15, 0.2) is 54.6 Å². The number of phenolic OH excluding ortho intramolecular Hbond substituents is 3. The van der Waals surface area contributed by atoms with E-state index >= 15 is 0 Å². The topological polar surface area (TPSA) is 286 Å². The van der Waals surface area contributed by atoms with Crippen molar-refractivity contribution in [3.63, 3.8) is 0 Å². The van der Waals surface area contributed by atoms with Gasteiger partial charge in [0.25, 0.3) is 35.4 Å². The van der Waals surface area contributed by atoms with Crippen LogP contribution in [0.25, 0.3) is 0 Å². The molecule has 0 radical (unpaired) electrons. The van der Waals surface area contributed by atoms with E-state index in [0.717, 1.165) is 0 Å². The first-order valence-electron chi connectivity index (χ1n) is 22.7. The number of fused-ring (bicyclic) bond motifs is 12. The summed E-state index contributed by atoms with van der Waals surface area (Å²) in [5.41, 5.74) is 5.52. The van der Waals surface area contributed by atoms with Crippen molar-refractivity contribution in [2.75, 3.05) is 131 Å². The van der Waals surface area contributed by atoms with Crippen LogP contribution in [0.5, 0.6) is 17.2 Å². The number of hydrogen-bond donors (Lipinski definition) is 11. The molecule has 0 spiro atoms. The summed E-state index contributed by atoms with van der Waals surface area (Å²) < 4.78 is 0. The second-order valence-electron chi connectivity index (χ2n) is 16.5. The lowest BCUT2D eigenvalue weighted by molar-refractivity contribution is 0.0908. The SMILES string of the molecule is CNCCN1CCNC(=O)c2cccc(c2O)C(=O)NCCN2CCNC(=O)c3cccc(c3O)C(=O)NCCN(CC1)CC(C)NC(=O)c1cccc(c1O)C(=O)NCCN(CCN)CC2. The molecule has 2 aliphatic rings. The lowest BCUT2D eigenvalue weighted by atomic mass is 10.1. The Morgan fingerprint density at radius 2 is 0.851 bits per heavy atom. The van der Waals surface area contributed by atoms with Gasteiger partial charge in [-0.25, -0.2) is 0 Å². The van der Waals surface area contributed by atoms with Gasteiger partial charge in [-0.3, -0.25) is 48.4 Å². The molecule has 21 heteroatoms. The van der Waals surface area contributed by atoms with Gasteiger partial charge >= 0.3 is 0 Å². The fraction of sp³-hybridized carbons (Fsp3) is 0.478. The summed E-state index contributed by atoms with van der Waals surface area (Å²) >= 11 is 0. The molecule has 8 bridgehead atoms. The number of phenols is 3. The molecule has 67 heavy (non-hydrogen) atoms. The van der Waals surface area contributed by atoms with Crippen molar-refractivity contribution in [1.82, 2.24) is 56.8 Å². The molecule has 0 saturated heterocycles. The van der Waals surface area contributed by atoms with E-state index in [1.54, 1.807) is 6.92 Å². The largest absolute Gasteiger partial charge is 0.506 e. The van der Waals surface area contributed by atoms with Crippen molar-refractivity contribution < 1.29 is 44.1 Å². The number of nitrogens with one attached hydrogen (secondary N) is 7. The summed E-state index contributed by atoms with van der Waals surface area (Å²) in [6, 6.07) is 12.7. The van der Waals surface area contributed by atoms with Crippen LogP contribution in [0.3, 0.4) is 0 Å². The predicted octanol–water partition coefficient (Wildman–Crippen LogP) is -1.62. The van der Waals surface area contributed by atoms with E-state index in [1.165, 1.54) is 54.6 Å². The summed E-state index contributed by atoms with van der Waals surface area (Å²) in [7, 11) is 1.82. The Labute approximate surface area is 390 Å². The van der Waals surface area contributed by atoms with Crippen molar-refractivity contribution in [2.24, 2.45) is 5.73 Å². The summed E-state index contributed by atoms with van der Waals surface area (Å²) in [5.74, 6) is -4.89. The number of benzene rings is 3. The standard InChI is InChI=1S/C46H66N12O9/c1-31-30-58-25-18-53-44(65)35-9-4-8-34(39(35)60)43(64)52-17-24-57(27-26-55(19-12-47)21-14-49-45(66)36-10-5-11-37(40(36)61)46(67)54-31)23-16-51-42(63)33-7-3-6-32(38(33)59)41(62)50-15-22-56(28-29-58)20-13-48-2/h3-11,31,48,59-61H,12-30,47H2,1-2H3,(H,49,66)(H,50,62)(H,51,63)(H,52,64)(H,53,65)(H,54,67). The van der Waals surface area contributed by atoms with E-state index in [9.17, 15) is 44.1 Å². The predicted molar refractivity (Wildman–Crippen MR) is 252 cm³/mol. The number of hydrogen-bond acceptors (Lipinski definition) is 15. The van der Waals surface area contributed by atoms with E-state index in [-0.39, 0.29) is 66.1 Å². The van der Waals surface area contributed by atoms with Crippen molar-refractivity contribution in [2.45, 2.75) is 13.0 Å². The Morgan fingerprint density at radius 3 is 1.24 bits per heavy atom. The number of aromatic hydroxyl groups is 3. The molecular weight excluding hydrogens is 865 g/mol. The second-order valence-corrected chi connectivity index (χ2v) is 16.5. The molecule has 0 aliphatic carbocycles. The maximum atomic E-state index is 13.7. The molecule has 364 valence electrons. The lowest BCUT2D eigenvalue weighted by Gasteiger charge is -2.30.